The predicted octanol–water partition coefficient (Wildman–Crippen LogP) is 3.27. The van der Waals surface area contributed by atoms with Gasteiger partial charge in [-0.05, 0) is 12.8 Å². The molecule has 35 heavy (non-hydrogen) atoms. The highest BCUT2D eigenvalue weighted by atomic mass is 35.5. The summed E-state index contributed by atoms with van der Waals surface area (Å²) in [5, 5.41) is 0.565. The zero-order valence-corrected chi connectivity index (χ0v) is 19.2. The number of H-pyrrole nitrogens is 2. The van der Waals surface area contributed by atoms with E-state index in [-0.39, 0.29) is 27.8 Å². The van der Waals surface area contributed by atoms with E-state index in [1.165, 1.54) is 23.5 Å². The minimum Gasteiger partial charge on any atom is -0.359 e. The topological polar surface area (TPSA) is 129 Å². The number of hydrogen-bond donors (Lipinski definition) is 2. The molecule has 9 nitrogen and oxygen atoms in total. The van der Waals surface area contributed by atoms with Crippen molar-refractivity contribution in [2.75, 3.05) is 13.1 Å². The van der Waals surface area contributed by atoms with Crippen molar-refractivity contribution in [3.63, 3.8) is 0 Å². The highest BCUT2D eigenvalue weighted by Gasteiger charge is 2.32. The molecule has 1 amide bonds. The van der Waals surface area contributed by atoms with Gasteiger partial charge in [0, 0.05) is 48.5 Å². The molecule has 0 saturated carbocycles. The van der Waals surface area contributed by atoms with E-state index in [4.69, 9.17) is 11.6 Å². The Kier molecular flexibility index (Phi) is 6.00. The molecule has 0 radical (unpaired) electrons. The molecular weight excluding hydrogens is 470 g/mol. The molecule has 5 rings (SSSR count). The molecule has 1 aromatic carbocycles. The van der Waals surface area contributed by atoms with Gasteiger partial charge < -0.3 is 14.9 Å². The van der Waals surface area contributed by atoms with Gasteiger partial charge in [0.2, 0.25) is 0 Å². The average Bonchev–Trinajstić information content (AvgIpc) is 3.35. The molecule has 3 aromatic heterocycles. The zero-order chi connectivity index (χ0) is 24.5. The summed E-state index contributed by atoms with van der Waals surface area (Å²) in [5.41, 5.74) is 1.62. The number of aromatic amines is 2. The van der Waals surface area contributed by atoms with Crippen LogP contribution in [0.4, 0.5) is 0 Å². The van der Waals surface area contributed by atoms with Gasteiger partial charge in [-0.15, -0.1) is 0 Å². The van der Waals surface area contributed by atoms with Crippen LogP contribution >= 0.6 is 11.6 Å². The van der Waals surface area contributed by atoms with Gasteiger partial charge in [-0.25, -0.2) is 4.98 Å². The second-order valence-corrected chi connectivity index (χ2v) is 8.74. The molecular formula is C25H20ClN5O4. The first kappa shape index (κ1) is 22.7. The second kappa shape index (κ2) is 9.27. The number of fused-ring (bicyclic) bond motifs is 1. The number of benzene rings is 1. The molecule has 0 spiro atoms. The number of halogens is 1. The number of ketones is 2. The molecule has 1 fully saturated rings. The Balaban J connectivity index is 1.36. The van der Waals surface area contributed by atoms with E-state index >= 15 is 0 Å². The molecule has 0 aliphatic carbocycles. The molecule has 176 valence electrons. The third-order valence-electron chi connectivity index (χ3n) is 6.23. The van der Waals surface area contributed by atoms with Crippen LogP contribution in [0, 0.1) is 5.92 Å². The SMILES string of the molecule is O=C(C(=O)N1CCC(C(=O)c2ccccc2)CC1)c1c[nH]c2c(-c3c[nH]c(=O)cn3)ncc(Cl)c12. The van der Waals surface area contributed by atoms with Crippen LogP contribution in [0.25, 0.3) is 22.3 Å². The van der Waals surface area contributed by atoms with Crippen LogP contribution in [0.5, 0.6) is 0 Å². The van der Waals surface area contributed by atoms with Crippen molar-refractivity contribution in [3.8, 4) is 11.4 Å². The van der Waals surface area contributed by atoms with Crippen molar-refractivity contribution in [2.45, 2.75) is 12.8 Å². The van der Waals surface area contributed by atoms with Crippen LogP contribution in [-0.2, 0) is 4.79 Å². The average molecular weight is 490 g/mol. The summed E-state index contributed by atoms with van der Waals surface area (Å²) in [6, 6.07) is 9.08. The van der Waals surface area contributed by atoms with Crippen molar-refractivity contribution in [1.29, 1.82) is 0 Å². The maximum absolute atomic E-state index is 13.2. The summed E-state index contributed by atoms with van der Waals surface area (Å²) in [4.78, 5) is 65.7. The molecule has 2 N–H and O–H groups in total. The molecule has 10 heteroatoms. The van der Waals surface area contributed by atoms with Crippen LogP contribution in [0.2, 0.25) is 5.02 Å². The number of aromatic nitrogens is 4. The van der Waals surface area contributed by atoms with Gasteiger partial charge in [0.05, 0.1) is 22.3 Å². The Labute approximate surface area is 204 Å². The summed E-state index contributed by atoms with van der Waals surface area (Å²) < 4.78 is 0. The van der Waals surface area contributed by atoms with E-state index in [0.717, 1.165) is 6.20 Å². The molecule has 1 aliphatic rings. The third kappa shape index (κ3) is 4.26. The molecule has 4 heterocycles. The molecule has 0 unspecified atom stereocenters. The predicted molar refractivity (Wildman–Crippen MR) is 129 cm³/mol. The Morgan fingerprint density at radius 3 is 2.40 bits per heavy atom. The van der Waals surface area contributed by atoms with E-state index in [9.17, 15) is 19.2 Å². The Morgan fingerprint density at radius 2 is 1.71 bits per heavy atom. The first-order chi connectivity index (χ1) is 16.9. The van der Waals surface area contributed by atoms with Gasteiger partial charge in [0.25, 0.3) is 17.2 Å². The van der Waals surface area contributed by atoms with Crippen molar-refractivity contribution in [1.82, 2.24) is 24.8 Å². The fourth-order valence-corrected chi connectivity index (χ4v) is 4.64. The summed E-state index contributed by atoms with van der Waals surface area (Å²) in [6.07, 6.45) is 6.33. The number of nitrogens with one attached hydrogen (secondary N) is 2. The third-order valence-corrected chi connectivity index (χ3v) is 6.51. The zero-order valence-electron chi connectivity index (χ0n) is 18.5. The van der Waals surface area contributed by atoms with Crippen molar-refractivity contribution < 1.29 is 14.4 Å². The quantitative estimate of drug-likeness (QED) is 0.327. The number of pyridine rings is 1. The number of nitrogens with zero attached hydrogens (tertiary/aromatic N) is 3. The maximum Gasteiger partial charge on any atom is 0.295 e. The van der Waals surface area contributed by atoms with Crippen molar-refractivity contribution in [3.05, 3.63) is 81.6 Å². The molecule has 1 aliphatic heterocycles. The summed E-state index contributed by atoms with van der Waals surface area (Å²) in [7, 11) is 0. The lowest BCUT2D eigenvalue weighted by Gasteiger charge is -2.30. The molecule has 0 atom stereocenters. The lowest BCUT2D eigenvalue weighted by Crippen LogP contribution is -2.43. The monoisotopic (exact) mass is 489 g/mol. The summed E-state index contributed by atoms with van der Waals surface area (Å²) in [5.74, 6) is -1.47. The number of carbonyl (C=O) groups is 3. The number of amides is 1. The van der Waals surface area contributed by atoms with Crippen molar-refractivity contribution >= 4 is 40.0 Å². The van der Waals surface area contributed by atoms with Gasteiger partial charge in [-0.2, -0.15) is 0 Å². The standard InChI is InChI=1S/C25H20ClN5O4/c26-17-11-30-21(18-12-28-19(32)13-27-18)22-20(17)16(10-29-22)24(34)25(35)31-8-6-15(7-9-31)23(33)14-4-2-1-3-5-14/h1-5,10-13,15,29H,6-9H2,(H,28,32). The maximum atomic E-state index is 13.2. The van der Waals surface area contributed by atoms with Gasteiger partial charge >= 0.3 is 0 Å². The van der Waals surface area contributed by atoms with E-state index in [1.807, 2.05) is 18.2 Å². The van der Waals surface area contributed by atoms with Crippen LogP contribution in [0.15, 0.2) is 59.9 Å². The highest BCUT2D eigenvalue weighted by Crippen LogP contribution is 2.32. The fourth-order valence-electron chi connectivity index (χ4n) is 4.40. The number of piperidine rings is 1. The van der Waals surface area contributed by atoms with Gasteiger partial charge in [-0.3, -0.25) is 24.2 Å². The first-order valence-electron chi connectivity index (χ1n) is 11.1. The number of hydrogen-bond acceptors (Lipinski definition) is 6. The Hall–Kier alpha value is -4.11. The smallest absolute Gasteiger partial charge is 0.295 e. The van der Waals surface area contributed by atoms with E-state index in [0.29, 0.717) is 53.8 Å². The number of likely N-dealkylation sites (tertiary alicyclic amines) is 1. The normalized spacial score (nSPS) is 14.3. The second-order valence-electron chi connectivity index (χ2n) is 8.33. The molecule has 1 saturated heterocycles. The molecule has 4 aromatic rings. The van der Waals surface area contributed by atoms with E-state index in [2.05, 4.69) is 19.9 Å². The van der Waals surface area contributed by atoms with Crippen molar-refractivity contribution in [2.24, 2.45) is 5.92 Å². The summed E-state index contributed by atoms with van der Waals surface area (Å²) >= 11 is 6.36. The Morgan fingerprint density at radius 1 is 0.971 bits per heavy atom. The van der Waals surface area contributed by atoms with Gasteiger partial charge in [-0.1, -0.05) is 41.9 Å². The van der Waals surface area contributed by atoms with Crippen LogP contribution in [0.3, 0.4) is 0 Å². The van der Waals surface area contributed by atoms with Gasteiger partial charge in [0.1, 0.15) is 11.4 Å². The Bertz CT molecular complexity index is 1480. The lowest BCUT2D eigenvalue weighted by atomic mass is 9.88. The molecule has 0 bridgehead atoms. The fraction of sp³-hybridized carbons (Fsp3) is 0.200. The lowest BCUT2D eigenvalue weighted by molar-refractivity contribution is -0.127. The van der Waals surface area contributed by atoms with Crippen LogP contribution < -0.4 is 5.56 Å². The first-order valence-corrected chi connectivity index (χ1v) is 11.5. The van der Waals surface area contributed by atoms with E-state index in [1.54, 1.807) is 12.1 Å². The summed E-state index contributed by atoms with van der Waals surface area (Å²) in [6.45, 7) is 0.635. The minimum absolute atomic E-state index is 0.0586. The van der Waals surface area contributed by atoms with Crippen LogP contribution in [-0.4, -0.2) is 55.4 Å². The number of Topliss-reactive ketones (excluding diaryl/α,β-unsaturated/α-hetero) is 2. The minimum atomic E-state index is -0.697. The van der Waals surface area contributed by atoms with Gasteiger partial charge in [0.15, 0.2) is 5.78 Å². The number of rotatable bonds is 5. The highest BCUT2D eigenvalue weighted by molar-refractivity contribution is 6.47. The van der Waals surface area contributed by atoms with Crippen LogP contribution in [0.1, 0.15) is 33.6 Å². The van der Waals surface area contributed by atoms with E-state index < -0.39 is 11.7 Å². The number of carbonyl (C=O) groups excluding carboxylic acids is 3. The largest absolute Gasteiger partial charge is 0.359 e.